The Morgan fingerprint density at radius 3 is 2.83 bits per heavy atom. The molecular formula is C14H19BrFNO. The zero-order valence-electron chi connectivity index (χ0n) is 11.0. The molecule has 1 aliphatic rings. The number of benzene rings is 1. The van der Waals surface area contributed by atoms with E-state index in [1.165, 1.54) is 6.07 Å². The summed E-state index contributed by atoms with van der Waals surface area (Å²) in [7, 11) is 0. The maximum atomic E-state index is 13.5. The van der Waals surface area contributed by atoms with Gasteiger partial charge >= 0.3 is 0 Å². The molecule has 0 bridgehead atoms. The minimum atomic E-state index is -0.240. The van der Waals surface area contributed by atoms with Crippen LogP contribution in [0.3, 0.4) is 0 Å². The normalized spacial score (nSPS) is 22.2. The topological polar surface area (TPSA) is 21.3 Å². The zero-order valence-corrected chi connectivity index (χ0v) is 12.6. The summed E-state index contributed by atoms with van der Waals surface area (Å²) in [6, 6.07) is 3.32. The molecule has 100 valence electrons. The average molecular weight is 316 g/mol. The summed E-state index contributed by atoms with van der Waals surface area (Å²) in [5, 5.41) is 3.27. The van der Waals surface area contributed by atoms with Gasteiger partial charge in [-0.3, -0.25) is 0 Å². The van der Waals surface area contributed by atoms with Crippen molar-refractivity contribution in [2.45, 2.75) is 45.3 Å². The quantitative estimate of drug-likeness (QED) is 0.899. The van der Waals surface area contributed by atoms with Crippen molar-refractivity contribution >= 4 is 21.6 Å². The third-order valence-corrected chi connectivity index (χ3v) is 3.95. The van der Waals surface area contributed by atoms with Crippen LogP contribution in [0.4, 0.5) is 10.1 Å². The number of ether oxygens (including phenoxy) is 1. The predicted molar refractivity (Wildman–Crippen MR) is 75.5 cm³/mol. The molecule has 1 aliphatic heterocycles. The lowest BCUT2D eigenvalue weighted by molar-refractivity contribution is -0.00911. The number of aryl methyl sites for hydroxylation is 1. The number of nitrogens with one attached hydrogen (secondary N) is 1. The van der Waals surface area contributed by atoms with E-state index in [2.05, 4.69) is 35.1 Å². The van der Waals surface area contributed by atoms with Crippen LogP contribution in [0.1, 0.15) is 32.3 Å². The van der Waals surface area contributed by atoms with E-state index in [-0.39, 0.29) is 17.5 Å². The Morgan fingerprint density at radius 1 is 1.50 bits per heavy atom. The minimum Gasteiger partial charge on any atom is -0.382 e. The van der Waals surface area contributed by atoms with Crippen molar-refractivity contribution in [1.82, 2.24) is 0 Å². The molecular weight excluding hydrogens is 297 g/mol. The van der Waals surface area contributed by atoms with Gasteiger partial charge in [0.1, 0.15) is 5.82 Å². The molecule has 1 heterocycles. The van der Waals surface area contributed by atoms with Crippen LogP contribution in [-0.2, 0) is 4.74 Å². The van der Waals surface area contributed by atoms with Gasteiger partial charge in [0.2, 0.25) is 0 Å². The van der Waals surface area contributed by atoms with Crippen molar-refractivity contribution in [2.24, 2.45) is 0 Å². The number of hydrogen-bond acceptors (Lipinski definition) is 2. The number of hydrogen-bond donors (Lipinski definition) is 1. The minimum absolute atomic E-state index is 0.0215. The fourth-order valence-electron chi connectivity index (χ4n) is 2.28. The summed E-state index contributed by atoms with van der Waals surface area (Å²) in [4.78, 5) is 0. The standard InChI is InChI=1S/C14H19BrFNO/c1-9-6-11(15)12(16)7-13(9)17-8-10-4-5-14(2,3)18-10/h6-7,10,17H,4-5,8H2,1-3H3. The summed E-state index contributed by atoms with van der Waals surface area (Å²) in [5.74, 6) is -0.240. The van der Waals surface area contributed by atoms with E-state index in [0.29, 0.717) is 4.47 Å². The van der Waals surface area contributed by atoms with Gasteiger partial charge in [0, 0.05) is 12.2 Å². The van der Waals surface area contributed by atoms with Crippen LogP contribution in [0, 0.1) is 12.7 Å². The van der Waals surface area contributed by atoms with Gasteiger partial charge in [-0.05, 0) is 67.2 Å². The highest BCUT2D eigenvalue weighted by Crippen LogP contribution is 2.30. The molecule has 0 radical (unpaired) electrons. The van der Waals surface area contributed by atoms with E-state index in [1.54, 1.807) is 6.07 Å². The van der Waals surface area contributed by atoms with Crippen LogP contribution < -0.4 is 5.32 Å². The number of halogens is 2. The van der Waals surface area contributed by atoms with Crippen LogP contribution in [0.2, 0.25) is 0 Å². The van der Waals surface area contributed by atoms with Gasteiger partial charge in [0.05, 0.1) is 16.2 Å². The highest BCUT2D eigenvalue weighted by Gasteiger charge is 2.31. The van der Waals surface area contributed by atoms with Gasteiger partial charge in [-0.15, -0.1) is 0 Å². The van der Waals surface area contributed by atoms with Gasteiger partial charge in [0.15, 0.2) is 0 Å². The first-order valence-corrected chi connectivity index (χ1v) is 7.04. The molecule has 0 saturated carbocycles. The van der Waals surface area contributed by atoms with Crippen molar-refractivity contribution in [2.75, 3.05) is 11.9 Å². The Hall–Kier alpha value is -0.610. The Morgan fingerprint density at radius 2 is 2.22 bits per heavy atom. The van der Waals surface area contributed by atoms with Gasteiger partial charge < -0.3 is 10.1 Å². The monoisotopic (exact) mass is 315 g/mol. The summed E-state index contributed by atoms with van der Waals surface area (Å²) in [6.45, 7) is 6.91. The van der Waals surface area contributed by atoms with E-state index in [0.717, 1.165) is 30.6 Å². The maximum absolute atomic E-state index is 13.5. The second-order valence-corrected chi connectivity index (χ2v) is 6.35. The molecule has 4 heteroatoms. The second-order valence-electron chi connectivity index (χ2n) is 5.50. The molecule has 1 aromatic rings. The molecule has 0 aromatic heterocycles. The highest BCUT2D eigenvalue weighted by atomic mass is 79.9. The van der Waals surface area contributed by atoms with E-state index >= 15 is 0 Å². The Labute approximate surface area is 116 Å². The molecule has 18 heavy (non-hydrogen) atoms. The van der Waals surface area contributed by atoms with Crippen LogP contribution in [0.15, 0.2) is 16.6 Å². The first-order valence-electron chi connectivity index (χ1n) is 6.25. The first-order chi connectivity index (χ1) is 8.37. The van der Waals surface area contributed by atoms with Gasteiger partial charge in [-0.2, -0.15) is 0 Å². The maximum Gasteiger partial charge on any atom is 0.139 e. The van der Waals surface area contributed by atoms with Crippen LogP contribution >= 0.6 is 15.9 Å². The molecule has 0 amide bonds. The van der Waals surface area contributed by atoms with E-state index in [9.17, 15) is 4.39 Å². The third kappa shape index (κ3) is 3.23. The largest absolute Gasteiger partial charge is 0.382 e. The summed E-state index contributed by atoms with van der Waals surface area (Å²) < 4.78 is 19.9. The molecule has 1 N–H and O–H groups in total. The summed E-state index contributed by atoms with van der Waals surface area (Å²) in [5.41, 5.74) is 1.84. The van der Waals surface area contributed by atoms with Crippen molar-refractivity contribution in [3.63, 3.8) is 0 Å². The molecule has 1 unspecified atom stereocenters. The van der Waals surface area contributed by atoms with Crippen molar-refractivity contribution in [3.8, 4) is 0 Å². The lowest BCUT2D eigenvalue weighted by Crippen LogP contribution is -2.25. The predicted octanol–water partition coefficient (Wildman–Crippen LogP) is 4.27. The second kappa shape index (κ2) is 5.17. The summed E-state index contributed by atoms with van der Waals surface area (Å²) >= 11 is 3.18. The van der Waals surface area contributed by atoms with Gasteiger partial charge in [0.25, 0.3) is 0 Å². The molecule has 1 saturated heterocycles. The Balaban J connectivity index is 1.97. The van der Waals surface area contributed by atoms with Crippen molar-refractivity contribution in [1.29, 1.82) is 0 Å². The molecule has 0 aliphatic carbocycles. The Kier molecular flexibility index (Phi) is 3.97. The average Bonchev–Trinajstić information content (AvgIpc) is 2.62. The van der Waals surface area contributed by atoms with Gasteiger partial charge in [-0.1, -0.05) is 0 Å². The van der Waals surface area contributed by atoms with E-state index in [4.69, 9.17) is 4.74 Å². The molecule has 0 spiro atoms. The van der Waals surface area contributed by atoms with E-state index < -0.39 is 0 Å². The van der Waals surface area contributed by atoms with Crippen LogP contribution in [0.25, 0.3) is 0 Å². The van der Waals surface area contributed by atoms with Crippen LogP contribution in [0.5, 0.6) is 0 Å². The number of anilines is 1. The molecule has 1 aromatic carbocycles. The van der Waals surface area contributed by atoms with Crippen LogP contribution in [-0.4, -0.2) is 18.2 Å². The first kappa shape index (κ1) is 13.8. The van der Waals surface area contributed by atoms with Gasteiger partial charge in [-0.25, -0.2) is 4.39 Å². The Bertz CT molecular complexity index is 448. The lowest BCUT2D eigenvalue weighted by Gasteiger charge is -2.20. The lowest BCUT2D eigenvalue weighted by atomic mass is 10.1. The fourth-order valence-corrected chi connectivity index (χ4v) is 2.74. The van der Waals surface area contributed by atoms with E-state index in [1.807, 2.05) is 6.92 Å². The smallest absolute Gasteiger partial charge is 0.139 e. The molecule has 2 rings (SSSR count). The van der Waals surface area contributed by atoms with Crippen molar-refractivity contribution < 1.29 is 9.13 Å². The third-order valence-electron chi connectivity index (χ3n) is 3.34. The number of rotatable bonds is 3. The molecule has 1 atom stereocenters. The zero-order chi connectivity index (χ0) is 13.3. The highest BCUT2D eigenvalue weighted by molar-refractivity contribution is 9.10. The van der Waals surface area contributed by atoms with Crippen molar-refractivity contribution in [3.05, 3.63) is 28.0 Å². The summed E-state index contributed by atoms with van der Waals surface area (Å²) in [6.07, 6.45) is 2.34. The SMILES string of the molecule is Cc1cc(Br)c(F)cc1NCC1CCC(C)(C)O1. The molecule has 2 nitrogen and oxygen atoms in total. The molecule has 1 fully saturated rings. The fraction of sp³-hybridized carbons (Fsp3) is 0.571.